The van der Waals surface area contributed by atoms with Crippen molar-refractivity contribution in [2.75, 3.05) is 0 Å². The molecule has 0 unspecified atom stereocenters. The average molecular weight is 892 g/mol. The largest absolute Gasteiger partial charge is 0.488 e. The van der Waals surface area contributed by atoms with E-state index in [1.807, 2.05) is 97.1 Å². The molecule has 0 aliphatic heterocycles. The molecule has 12 heteroatoms. The van der Waals surface area contributed by atoms with Crippen LogP contribution in [0.2, 0.25) is 15.7 Å². The van der Waals surface area contributed by atoms with Crippen molar-refractivity contribution < 1.29 is 10.0 Å². The van der Waals surface area contributed by atoms with Gasteiger partial charge in [0.05, 0.1) is 38.8 Å². The molecular weight excluding hydrogens is 858 g/mol. The van der Waals surface area contributed by atoms with E-state index in [-0.39, 0.29) is 10.6 Å². The molecule has 0 atom stereocenters. The Morgan fingerprint density at radius 2 is 0.812 bits per heavy atom. The van der Waals surface area contributed by atoms with Gasteiger partial charge in [-0.1, -0.05) is 133 Å². The van der Waals surface area contributed by atoms with Crippen LogP contribution in [0.1, 0.15) is 0 Å². The zero-order valence-electron chi connectivity index (χ0n) is 33.8. The molecule has 4 heterocycles. The standard InChI is InChI=1S/C26H16ClN3.C18H14BNO2.C8H4Cl2N2/c27-26-28-22-12-6-4-11-20(22)25(29-26)17-14-15-24-21(16-17)19-10-5-7-13-23(19)30(24)18-8-2-1-3-9-18;21-19(22)13-10-11-18-16(12-13)15-8-4-5-9-17(15)20(18)14-6-2-1-3-7-14;9-7-5-3-1-2-4-6(5)11-8(10)12-7/h1-16H;1-12,21-22H;1-4H. The quantitative estimate of drug-likeness (QED) is 0.104. The molecule has 0 saturated carbocycles. The fourth-order valence-electron chi connectivity index (χ4n) is 8.26. The minimum absolute atomic E-state index is 0.179. The molecule has 12 aromatic rings. The number of benzene rings is 8. The number of rotatable bonds is 4. The van der Waals surface area contributed by atoms with Gasteiger partial charge in [0.25, 0.3) is 0 Å². The van der Waals surface area contributed by atoms with Crippen LogP contribution in [0.25, 0.3) is 88.0 Å². The lowest BCUT2D eigenvalue weighted by molar-refractivity contribution is 0.426. The zero-order valence-corrected chi connectivity index (χ0v) is 36.0. The lowest BCUT2D eigenvalue weighted by Crippen LogP contribution is -2.29. The highest BCUT2D eigenvalue weighted by Crippen LogP contribution is 2.36. The average Bonchev–Trinajstić information content (AvgIpc) is 3.84. The van der Waals surface area contributed by atoms with Crippen LogP contribution in [-0.2, 0) is 0 Å². The van der Waals surface area contributed by atoms with Crippen LogP contribution in [-0.4, -0.2) is 46.2 Å². The monoisotopic (exact) mass is 890 g/mol. The molecule has 8 nitrogen and oxygen atoms in total. The summed E-state index contributed by atoms with van der Waals surface area (Å²) in [7, 11) is -1.46. The van der Waals surface area contributed by atoms with E-state index in [4.69, 9.17) is 34.8 Å². The third-order valence-electron chi connectivity index (χ3n) is 11.1. The van der Waals surface area contributed by atoms with Gasteiger partial charge in [0.2, 0.25) is 10.6 Å². The van der Waals surface area contributed by atoms with E-state index in [0.717, 1.165) is 71.8 Å². The van der Waals surface area contributed by atoms with Crippen molar-refractivity contribution in [3.8, 4) is 22.6 Å². The summed E-state index contributed by atoms with van der Waals surface area (Å²) in [6.07, 6.45) is 0. The molecule has 0 bridgehead atoms. The van der Waals surface area contributed by atoms with Crippen LogP contribution in [0, 0.1) is 0 Å². The zero-order chi connectivity index (χ0) is 43.7. The Morgan fingerprint density at radius 3 is 1.39 bits per heavy atom. The summed E-state index contributed by atoms with van der Waals surface area (Å²) in [4.78, 5) is 16.8. The summed E-state index contributed by atoms with van der Waals surface area (Å²) in [6.45, 7) is 0. The Bertz CT molecular complexity index is 3660. The van der Waals surface area contributed by atoms with Crippen molar-refractivity contribution in [1.82, 2.24) is 29.1 Å². The predicted molar refractivity (Wildman–Crippen MR) is 264 cm³/mol. The summed E-state index contributed by atoms with van der Waals surface area (Å²) in [6, 6.07) is 64.8. The number of fused-ring (bicyclic) bond motifs is 8. The molecular formula is C52H34BCl3N6O2. The number of nitrogens with zero attached hydrogens (tertiary/aromatic N) is 6. The van der Waals surface area contributed by atoms with E-state index in [1.54, 1.807) is 6.07 Å². The summed E-state index contributed by atoms with van der Waals surface area (Å²) in [5, 5.41) is 26.0. The van der Waals surface area contributed by atoms with Gasteiger partial charge in [-0.25, -0.2) is 19.9 Å². The number of para-hydroxylation sites is 6. The molecule has 0 amide bonds. The van der Waals surface area contributed by atoms with E-state index in [2.05, 4.69) is 120 Å². The van der Waals surface area contributed by atoms with Crippen molar-refractivity contribution in [3.63, 3.8) is 0 Å². The Morgan fingerprint density at radius 1 is 0.375 bits per heavy atom. The van der Waals surface area contributed by atoms with Crippen molar-refractivity contribution in [1.29, 1.82) is 0 Å². The van der Waals surface area contributed by atoms with Gasteiger partial charge < -0.3 is 19.2 Å². The van der Waals surface area contributed by atoms with Crippen LogP contribution >= 0.6 is 34.8 Å². The molecule has 0 aliphatic carbocycles. The van der Waals surface area contributed by atoms with E-state index in [0.29, 0.717) is 10.6 Å². The fourth-order valence-corrected chi connectivity index (χ4v) is 8.90. The SMILES string of the molecule is Clc1nc(-c2ccc3c(c2)c2ccccc2n3-c2ccccc2)c2ccccc2n1.Clc1nc(Cl)c2ccccc2n1.OB(O)c1ccc2c(c1)c1ccccc1n2-c1ccccc1. The Kier molecular flexibility index (Phi) is 11.2. The number of hydrogen-bond acceptors (Lipinski definition) is 6. The number of hydrogen-bond donors (Lipinski definition) is 2. The highest BCUT2D eigenvalue weighted by atomic mass is 35.5. The lowest BCUT2D eigenvalue weighted by atomic mass is 9.80. The molecule has 64 heavy (non-hydrogen) atoms. The smallest absolute Gasteiger partial charge is 0.423 e. The van der Waals surface area contributed by atoms with Gasteiger partial charge in [-0.3, -0.25) is 0 Å². The maximum absolute atomic E-state index is 9.43. The second-order valence-corrected chi connectivity index (χ2v) is 16.0. The molecule has 2 N–H and O–H groups in total. The summed E-state index contributed by atoms with van der Waals surface area (Å²) in [5.74, 6) is 0. The number of halogens is 3. The second kappa shape index (κ2) is 17.6. The van der Waals surface area contributed by atoms with E-state index in [1.165, 1.54) is 16.3 Å². The van der Waals surface area contributed by atoms with E-state index in [9.17, 15) is 10.0 Å². The molecule has 0 saturated heterocycles. The Balaban J connectivity index is 0.000000124. The first-order valence-corrected chi connectivity index (χ1v) is 21.5. The van der Waals surface area contributed by atoms with Crippen LogP contribution in [0.3, 0.4) is 0 Å². The Hall–Kier alpha value is -7.11. The van der Waals surface area contributed by atoms with Gasteiger partial charge >= 0.3 is 7.12 Å². The topological polar surface area (TPSA) is 102 Å². The normalized spacial score (nSPS) is 11.2. The maximum Gasteiger partial charge on any atom is 0.488 e. The van der Waals surface area contributed by atoms with Crippen LogP contribution in [0.15, 0.2) is 194 Å². The van der Waals surface area contributed by atoms with Gasteiger partial charge in [-0.15, -0.1) is 0 Å². The molecule has 8 aromatic carbocycles. The van der Waals surface area contributed by atoms with Crippen LogP contribution in [0.5, 0.6) is 0 Å². The van der Waals surface area contributed by atoms with Crippen molar-refractivity contribution in [2.45, 2.75) is 0 Å². The molecule has 308 valence electrons. The fraction of sp³-hybridized carbons (Fsp3) is 0. The highest BCUT2D eigenvalue weighted by molar-refractivity contribution is 6.59. The summed E-state index contributed by atoms with van der Waals surface area (Å²) < 4.78 is 4.50. The van der Waals surface area contributed by atoms with Gasteiger partial charge in [0.15, 0.2) is 0 Å². The second-order valence-electron chi connectivity index (χ2n) is 14.9. The molecule has 12 rings (SSSR count). The van der Waals surface area contributed by atoms with Gasteiger partial charge in [-0.05, 0) is 101 Å². The van der Waals surface area contributed by atoms with Gasteiger partial charge in [-0.2, -0.15) is 0 Å². The van der Waals surface area contributed by atoms with E-state index >= 15 is 0 Å². The van der Waals surface area contributed by atoms with Crippen molar-refractivity contribution in [3.05, 3.63) is 210 Å². The minimum atomic E-state index is -1.46. The lowest BCUT2D eigenvalue weighted by Gasteiger charge is -2.09. The van der Waals surface area contributed by atoms with Crippen LogP contribution in [0.4, 0.5) is 0 Å². The third-order valence-corrected chi connectivity index (χ3v) is 11.7. The Labute approximate surface area is 382 Å². The molecule has 0 aliphatic rings. The van der Waals surface area contributed by atoms with Crippen molar-refractivity contribution in [2.24, 2.45) is 0 Å². The van der Waals surface area contributed by atoms with E-state index < -0.39 is 7.12 Å². The summed E-state index contributed by atoms with van der Waals surface area (Å²) in [5.41, 5.74) is 10.7. The molecule has 0 spiro atoms. The first kappa shape index (κ1) is 40.9. The molecule has 0 fully saturated rings. The maximum atomic E-state index is 9.43. The number of aromatic nitrogens is 6. The van der Waals surface area contributed by atoms with Crippen LogP contribution < -0.4 is 5.46 Å². The van der Waals surface area contributed by atoms with Crippen molar-refractivity contribution >= 4 is 113 Å². The van der Waals surface area contributed by atoms with Gasteiger partial charge in [0.1, 0.15) is 5.15 Å². The molecule has 4 aromatic heterocycles. The first-order chi connectivity index (χ1) is 31.3. The third kappa shape index (κ3) is 7.81. The highest BCUT2D eigenvalue weighted by Gasteiger charge is 2.17. The molecule has 0 radical (unpaired) electrons. The summed E-state index contributed by atoms with van der Waals surface area (Å²) >= 11 is 17.7. The minimum Gasteiger partial charge on any atom is -0.423 e. The predicted octanol–water partition coefficient (Wildman–Crippen LogP) is 12.4. The first-order valence-electron chi connectivity index (χ1n) is 20.4. The van der Waals surface area contributed by atoms with Gasteiger partial charge in [0, 0.05) is 49.3 Å².